The molecule has 0 aliphatic rings. The summed E-state index contributed by atoms with van der Waals surface area (Å²) >= 11 is 0. The van der Waals surface area contributed by atoms with Gasteiger partial charge < -0.3 is 16.4 Å². The molecule has 6 heteroatoms. The van der Waals surface area contributed by atoms with Crippen molar-refractivity contribution in [3.8, 4) is 0 Å². The highest BCUT2D eigenvalue weighted by atomic mass is 16.2. The molecule has 1 rings (SSSR count). The van der Waals surface area contributed by atoms with Crippen molar-refractivity contribution in [2.75, 3.05) is 11.1 Å². The van der Waals surface area contributed by atoms with E-state index in [1.165, 1.54) is 0 Å². The molecule has 0 fully saturated rings. The molecule has 1 atom stereocenters. The number of nitrogens with zero attached hydrogens (tertiary/aromatic N) is 2. The van der Waals surface area contributed by atoms with Crippen LogP contribution in [-0.2, 0) is 11.2 Å². The maximum absolute atomic E-state index is 12.0. The standard InChI is InChI=1S/C14H25N5O/c1-6-7-11-17-10(15)8-12(18-11)16-9(2)13(20)19-14(3,4)5/h8-9H,6-7H2,1-5H3,(H,19,20)(H3,15,16,17,18). The number of amides is 1. The average Bonchev–Trinajstić information content (AvgIpc) is 2.26. The molecule has 0 aliphatic heterocycles. The van der Waals surface area contributed by atoms with Gasteiger partial charge in [0.05, 0.1) is 0 Å². The fourth-order valence-electron chi connectivity index (χ4n) is 1.69. The summed E-state index contributed by atoms with van der Waals surface area (Å²) in [5.41, 5.74) is 5.49. The van der Waals surface area contributed by atoms with E-state index in [0.29, 0.717) is 17.5 Å². The summed E-state index contributed by atoms with van der Waals surface area (Å²) in [6.45, 7) is 9.68. The van der Waals surface area contributed by atoms with Crippen LogP contribution in [0.25, 0.3) is 0 Å². The summed E-state index contributed by atoms with van der Waals surface area (Å²) in [4.78, 5) is 20.5. The first-order valence-corrected chi connectivity index (χ1v) is 6.93. The first-order chi connectivity index (χ1) is 9.21. The monoisotopic (exact) mass is 279 g/mol. The Morgan fingerprint density at radius 2 is 2.05 bits per heavy atom. The smallest absolute Gasteiger partial charge is 0.242 e. The van der Waals surface area contributed by atoms with Gasteiger partial charge in [-0.25, -0.2) is 9.97 Å². The maximum atomic E-state index is 12.0. The van der Waals surface area contributed by atoms with Crippen molar-refractivity contribution < 1.29 is 4.79 Å². The SMILES string of the molecule is CCCc1nc(N)cc(NC(C)C(=O)NC(C)(C)C)n1. The molecular weight excluding hydrogens is 254 g/mol. The maximum Gasteiger partial charge on any atom is 0.242 e. The Kier molecular flexibility index (Phi) is 5.30. The van der Waals surface area contributed by atoms with Crippen molar-refractivity contribution in [1.29, 1.82) is 0 Å². The third-order valence-corrected chi connectivity index (χ3v) is 2.52. The molecule has 4 N–H and O–H groups in total. The minimum Gasteiger partial charge on any atom is -0.384 e. The van der Waals surface area contributed by atoms with Crippen LogP contribution < -0.4 is 16.4 Å². The number of hydrogen-bond acceptors (Lipinski definition) is 5. The predicted molar refractivity (Wildman–Crippen MR) is 81.4 cm³/mol. The average molecular weight is 279 g/mol. The van der Waals surface area contributed by atoms with Gasteiger partial charge in [-0.05, 0) is 34.1 Å². The van der Waals surface area contributed by atoms with Crippen molar-refractivity contribution in [1.82, 2.24) is 15.3 Å². The zero-order valence-corrected chi connectivity index (χ0v) is 12.9. The van der Waals surface area contributed by atoms with E-state index in [-0.39, 0.29) is 11.4 Å². The van der Waals surface area contributed by atoms with E-state index in [4.69, 9.17) is 5.73 Å². The van der Waals surface area contributed by atoms with Crippen LogP contribution in [0.15, 0.2) is 6.07 Å². The van der Waals surface area contributed by atoms with Crippen molar-refractivity contribution in [3.63, 3.8) is 0 Å². The van der Waals surface area contributed by atoms with Gasteiger partial charge in [0.25, 0.3) is 0 Å². The largest absolute Gasteiger partial charge is 0.384 e. The highest BCUT2D eigenvalue weighted by molar-refractivity contribution is 5.84. The quantitative estimate of drug-likeness (QED) is 0.763. The molecular formula is C14H25N5O. The molecule has 1 heterocycles. The number of nitrogen functional groups attached to an aromatic ring is 1. The van der Waals surface area contributed by atoms with Crippen LogP contribution in [-0.4, -0.2) is 27.5 Å². The lowest BCUT2D eigenvalue weighted by Gasteiger charge is -2.24. The normalized spacial score (nSPS) is 12.8. The number of carbonyl (C=O) groups is 1. The van der Waals surface area contributed by atoms with Crippen LogP contribution in [0.3, 0.4) is 0 Å². The van der Waals surface area contributed by atoms with Gasteiger partial charge in [-0.2, -0.15) is 0 Å². The molecule has 1 aromatic heterocycles. The van der Waals surface area contributed by atoms with Crippen LogP contribution >= 0.6 is 0 Å². The second-order valence-corrected chi connectivity index (χ2v) is 5.95. The van der Waals surface area contributed by atoms with E-state index in [1.807, 2.05) is 20.8 Å². The number of aromatic nitrogens is 2. The number of anilines is 2. The third-order valence-electron chi connectivity index (χ3n) is 2.52. The van der Waals surface area contributed by atoms with Crippen LogP contribution in [0.1, 0.15) is 46.9 Å². The van der Waals surface area contributed by atoms with Gasteiger partial charge in [-0.1, -0.05) is 6.92 Å². The Morgan fingerprint density at radius 3 is 2.60 bits per heavy atom. The zero-order chi connectivity index (χ0) is 15.3. The second-order valence-electron chi connectivity index (χ2n) is 5.95. The molecule has 1 aromatic rings. The highest BCUT2D eigenvalue weighted by Gasteiger charge is 2.19. The van der Waals surface area contributed by atoms with E-state index in [2.05, 4.69) is 27.5 Å². The summed E-state index contributed by atoms with van der Waals surface area (Å²) in [6.07, 6.45) is 1.71. The second kappa shape index (κ2) is 6.54. The number of hydrogen-bond donors (Lipinski definition) is 3. The predicted octanol–water partition coefficient (Wildman–Crippen LogP) is 1.73. The number of rotatable bonds is 5. The molecule has 1 amide bonds. The summed E-state index contributed by atoms with van der Waals surface area (Å²) in [6, 6.07) is 1.25. The summed E-state index contributed by atoms with van der Waals surface area (Å²) in [5.74, 6) is 1.61. The van der Waals surface area contributed by atoms with Gasteiger partial charge in [-0.15, -0.1) is 0 Å². The Morgan fingerprint density at radius 1 is 1.40 bits per heavy atom. The first kappa shape index (κ1) is 16.2. The Balaban J connectivity index is 2.74. The summed E-state index contributed by atoms with van der Waals surface area (Å²) in [5, 5.41) is 5.98. The molecule has 0 saturated heterocycles. The molecule has 112 valence electrons. The fourth-order valence-corrected chi connectivity index (χ4v) is 1.69. The molecule has 0 radical (unpaired) electrons. The van der Waals surface area contributed by atoms with Gasteiger partial charge in [0.15, 0.2) is 0 Å². The molecule has 0 spiro atoms. The molecule has 6 nitrogen and oxygen atoms in total. The van der Waals surface area contributed by atoms with Crippen LogP contribution in [0.2, 0.25) is 0 Å². The molecule has 1 unspecified atom stereocenters. The van der Waals surface area contributed by atoms with Crippen molar-refractivity contribution in [3.05, 3.63) is 11.9 Å². The number of aryl methyl sites for hydroxylation is 1. The van der Waals surface area contributed by atoms with Crippen LogP contribution in [0.5, 0.6) is 0 Å². The minimum atomic E-state index is -0.391. The topological polar surface area (TPSA) is 92.9 Å². The van der Waals surface area contributed by atoms with Crippen molar-refractivity contribution in [2.24, 2.45) is 0 Å². The third kappa shape index (κ3) is 5.42. The fraction of sp³-hybridized carbons (Fsp3) is 0.643. The van der Waals surface area contributed by atoms with Gasteiger partial charge in [-0.3, -0.25) is 4.79 Å². The van der Waals surface area contributed by atoms with E-state index in [9.17, 15) is 4.79 Å². The van der Waals surface area contributed by atoms with Crippen molar-refractivity contribution in [2.45, 2.75) is 59.0 Å². The lowest BCUT2D eigenvalue weighted by atomic mass is 10.1. The van der Waals surface area contributed by atoms with E-state index < -0.39 is 6.04 Å². The lowest BCUT2D eigenvalue weighted by molar-refractivity contribution is -0.122. The Hall–Kier alpha value is -1.85. The van der Waals surface area contributed by atoms with E-state index in [1.54, 1.807) is 13.0 Å². The molecule has 0 bridgehead atoms. The van der Waals surface area contributed by atoms with Crippen LogP contribution in [0, 0.1) is 0 Å². The number of carbonyl (C=O) groups excluding carboxylic acids is 1. The molecule has 0 saturated carbocycles. The van der Waals surface area contributed by atoms with Gasteiger partial charge >= 0.3 is 0 Å². The van der Waals surface area contributed by atoms with Gasteiger partial charge in [0, 0.05) is 18.0 Å². The molecule has 20 heavy (non-hydrogen) atoms. The Bertz CT molecular complexity index is 467. The zero-order valence-electron chi connectivity index (χ0n) is 12.9. The van der Waals surface area contributed by atoms with Gasteiger partial charge in [0.1, 0.15) is 23.5 Å². The summed E-state index contributed by atoms with van der Waals surface area (Å²) < 4.78 is 0. The van der Waals surface area contributed by atoms with Crippen LogP contribution in [0.4, 0.5) is 11.6 Å². The number of nitrogens with two attached hydrogens (primary N) is 1. The van der Waals surface area contributed by atoms with E-state index >= 15 is 0 Å². The first-order valence-electron chi connectivity index (χ1n) is 6.93. The highest BCUT2D eigenvalue weighted by Crippen LogP contribution is 2.11. The number of nitrogens with one attached hydrogen (secondary N) is 2. The lowest BCUT2D eigenvalue weighted by Crippen LogP contribution is -2.47. The Labute approximate surface area is 120 Å². The molecule has 0 aromatic carbocycles. The molecule has 0 aliphatic carbocycles. The minimum absolute atomic E-state index is 0.0771. The summed E-state index contributed by atoms with van der Waals surface area (Å²) in [7, 11) is 0. The van der Waals surface area contributed by atoms with E-state index in [0.717, 1.165) is 12.8 Å². The van der Waals surface area contributed by atoms with Gasteiger partial charge in [0.2, 0.25) is 5.91 Å². The van der Waals surface area contributed by atoms with Crippen molar-refractivity contribution >= 4 is 17.5 Å².